The summed E-state index contributed by atoms with van der Waals surface area (Å²) < 4.78 is 15.0. The molecule has 13 atom stereocenters. The van der Waals surface area contributed by atoms with Crippen LogP contribution in [0.4, 0.5) is 0 Å². The van der Waals surface area contributed by atoms with Crippen LogP contribution in [0.2, 0.25) is 18.1 Å². The van der Waals surface area contributed by atoms with Crippen molar-refractivity contribution in [1.82, 2.24) is 0 Å². The molecule has 1 N–H and O–H groups in total. The molecule has 1 unspecified atom stereocenters. The highest BCUT2D eigenvalue weighted by molar-refractivity contribution is 6.73. The molecule has 234 valence electrons. The van der Waals surface area contributed by atoms with Crippen LogP contribution in [0, 0.1) is 56.7 Å². The van der Waals surface area contributed by atoms with Gasteiger partial charge in [0.15, 0.2) is 8.32 Å². The highest BCUT2D eigenvalue weighted by Crippen LogP contribution is 2.89. The maximum Gasteiger partial charge on any atom is 0.192 e. The second kappa shape index (κ2) is 9.67. The summed E-state index contributed by atoms with van der Waals surface area (Å²) in [6.07, 6.45) is 10.3. The molecule has 0 aromatic rings. The van der Waals surface area contributed by atoms with Crippen LogP contribution in [0.5, 0.6) is 0 Å². The maximum absolute atomic E-state index is 11.2. The van der Waals surface area contributed by atoms with Gasteiger partial charge in [-0.25, -0.2) is 0 Å². The van der Waals surface area contributed by atoms with Gasteiger partial charge >= 0.3 is 0 Å². The third kappa shape index (κ3) is 3.72. The van der Waals surface area contributed by atoms with Crippen molar-refractivity contribution < 1.29 is 14.3 Å². The Morgan fingerprint density at radius 3 is 2.17 bits per heavy atom. The predicted octanol–water partition coefficient (Wildman–Crippen LogP) is 9.40. The van der Waals surface area contributed by atoms with Crippen molar-refractivity contribution in [3.05, 3.63) is 12.2 Å². The van der Waals surface area contributed by atoms with Crippen molar-refractivity contribution in [2.75, 3.05) is 0 Å². The summed E-state index contributed by atoms with van der Waals surface area (Å²) in [5.74, 6) is 3.45. The quantitative estimate of drug-likeness (QED) is 0.239. The van der Waals surface area contributed by atoms with Crippen LogP contribution in [-0.4, -0.2) is 37.8 Å². The first-order chi connectivity index (χ1) is 19.1. The Hall–Kier alpha value is -0.163. The molecule has 5 aliphatic carbocycles. The van der Waals surface area contributed by atoms with Crippen molar-refractivity contribution in [3.8, 4) is 0 Å². The Bertz CT molecular complexity index is 1040. The number of hydrogen-bond donors (Lipinski definition) is 1. The van der Waals surface area contributed by atoms with Crippen molar-refractivity contribution in [3.63, 3.8) is 0 Å². The van der Waals surface area contributed by atoms with E-state index in [1.54, 1.807) is 0 Å². The van der Waals surface area contributed by atoms with E-state index in [1.807, 2.05) is 6.92 Å². The van der Waals surface area contributed by atoms with Crippen LogP contribution in [0.3, 0.4) is 0 Å². The van der Waals surface area contributed by atoms with Crippen LogP contribution < -0.4 is 0 Å². The second-order valence-electron chi connectivity index (χ2n) is 17.6. The van der Waals surface area contributed by atoms with Crippen molar-refractivity contribution in [2.45, 2.75) is 163 Å². The Kier molecular flexibility index (Phi) is 7.27. The fourth-order valence-electron chi connectivity index (χ4n) is 13.5. The molecule has 1 aliphatic heterocycles. The van der Waals surface area contributed by atoms with Gasteiger partial charge in [-0.15, -0.1) is 0 Å². The lowest BCUT2D eigenvalue weighted by molar-refractivity contribution is -0.172. The zero-order valence-corrected chi connectivity index (χ0v) is 29.4. The van der Waals surface area contributed by atoms with E-state index in [2.05, 4.69) is 68.9 Å². The highest BCUT2D eigenvalue weighted by Gasteiger charge is 2.84. The van der Waals surface area contributed by atoms with E-state index in [0.717, 1.165) is 29.7 Å². The summed E-state index contributed by atoms with van der Waals surface area (Å²) in [5, 5.41) is 11.2. The molecule has 0 amide bonds. The Morgan fingerprint density at radius 1 is 0.951 bits per heavy atom. The molecule has 6 aliphatic rings. The molecule has 1 saturated heterocycles. The molecule has 5 saturated carbocycles. The van der Waals surface area contributed by atoms with Gasteiger partial charge in [-0.1, -0.05) is 68.9 Å². The minimum atomic E-state index is -1.90. The molecular weight excluding hydrogens is 520 g/mol. The summed E-state index contributed by atoms with van der Waals surface area (Å²) in [5.41, 5.74) is 2.67. The van der Waals surface area contributed by atoms with Crippen molar-refractivity contribution in [2.24, 2.45) is 56.7 Å². The van der Waals surface area contributed by atoms with Crippen molar-refractivity contribution in [1.29, 1.82) is 0 Å². The van der Waals surface area contributed by atoms with Gasteiger partial charge in [-0.2, -0.15) is 0 Å². The second-order valence-corrected chi connectivity index (χ2v) is 22.3. The normalized spacial score (nSPS) is 52.4. The number of aliphatic hydroxyl groups is 1. The standard InChI is InChI=1S/C37H64O3Si/c1-12-41(13-2,14-3)40-32-31-29(24(6)21-26(39-31)30(38)23(4)5)34(10)19-20-37-22-36(37)18-17-25(7)33(8,9)27(36)15-16-28(37)35(32,34)11/h24-32,38H,4,12-22H2,1-3,5-11H3/t24-,25+,26-,27+,28+,29+,30?,31+,32+,34-,35-,36-,37+/m1/s1. The minimum Gasteiger partial charge on any atom is -0.411 e. The van der Waals surface area contributed by atoms with E-state index < -0.39 is 14.4 Å². The number of aliphatic hydroxyl groups excluding tert-OH is 1. The zero-order chi connectivity index (χ0) is 30.0. The van der Waals surface area contributed by atoms with E-state index in [4.69, 9.17) is 9.16 Å². The van der Waals surface area contributed by atoms with E-state index >= 15 is 0 Å². The van der Waals surface area contributed by atoms with Gasteiger partial charge < -0.3 is 14.3 Å². The summed E-state index contributed by atoms with van der Waals surface area (Å²) in [4.78, 5) is 0. The van der Waals surface area contributed by atoms with E-state index in [1.165, 1.54) is 63.1 Å². The summed E-state index contributed by atoms with van der Waals surface area (Å²) in [6, 6.07) is 3.55. The maximum atomic E-state index is 11.2. The lowest BCUT2D eigenvalue weighted by Gasteiger charge is -2.64. The van der Waals surface area contributed by atoms with Gasteiger partial charge in [-0.3, -0.25) is 0 Å². The predicted molar refractivity (Wildman–Crippen MR) is 172 cm³/mol. The fourth-order valence-corrected chi connectivity index (χ4v) is 16.4. The average Bonchev–Trinajstić information content (AvgIpc) is 3.56. The molecule has 6 fully saturated rings. The van der Waals surface area contributed by atoms with Gasteiger partial charge in [0.25, 0.3) is 0 Å². The van der Waals surface area contributed by atoms with Crippen LogP contribution in [0.1, 0.15) is 121 Å². The molecule has 0 aromatic carbocycles. The third-order valence-electron chi connectivity index (χ3n) is 16.5. The van der Waals surface area contributed by atoms with Gasteiger partial charge in [0.1, 0.15) is 6.10 Å². The monoisotopic (exact) mass is 584 g/mol. The minimum absolute atomic E-state index is 0.0784. The van der Waals surface area contributed by atoms with Crippen LogP contribution in [0.15, 0.2) is 12.2 Å². The zero-order valence-electron chi connectivity index (χ0n) is 28.4. The summed E-state index contributed by atoms with van der Waals surface area (Å²) >= 11 is 0. The Morgan fingerprint density at radius 2 is 1.56 bits per heavy atom. The summed E-state index contributed by atoms with van der Waals surface area (Å²) in [7, 11) is -1.90. The van der Waals surface area contributed by atoms with Crippen LogP contribution >= 0.6 is 0 Å². The fraction of sp³-hybridized carbons (Fsp3) is 0.946. The molecule has 1 heterocycles. The molecule has 3 nitrogen and oxygen atoms in total. The molecule has 0 bridgehead atoms. The third-order valence-corrected chi connectivity index (χ3v) is 21.1. The number of fused-ring (bicyclic) bond motifs is 4. The Labute approximate surface area is 254 Å². The van der Waals surface area contributed by atoms with Crippen LogP contribution in [-0.2, 0) is 9.16 Å². The topological polar surface area (TPSA) is 38.7 Å². The molecule has 2 spiro atoms. The van der Waals surface area contributed by atoms with Gasteiger partial charge in [0.05, 0.1) is 18.3 Å². The smallest absolute Gasteiger partial charge is 0.192 e. The average molecular weight is 585 g/mol. The molecule has 4 heteroatoms. The largest absolute Gasteiger partial charge is 0.411 e. The first-order valence-corrected chi connectivity index (χ1v) is 20.3. The summed E-state index contributed by atoms with van der Waals surface area (Å²) in [6.45, 7) is 28.9. The number of hydrogen-bond acceptors (Lipinski definition) is 3. The van der Waals surface area contributed by atoms with E-state index in [9.17, 15) is 5.11 Å². The molecule has 0 aromatic heterocycles. The SMILES string of the molecule is C=C(C)C(O)[C@H]1C[C@@H](C)[C@H]2[C@H](O1)[C@H](O[Si](CC)(CC)CC)[C@@]1(C)[C@@H]3CC[C@H]4C(C)(C)[C@@H](C)CC[C@@]45C[C@@]35CC[C@]21C. The van der Waals surface area contributed by atoms with Crippen molar-refractivity contribution >= 4 is 8.32 Å². The molecular formula is C37H64O3Si. The van der Waals surface area contributed by atoms with Gasteiger partial charge in [0, 0.05) is 5.41 Å². The number of ether oxygens (including phenoxy) is 1. The Balaban J connectivity index is 1.46. The van der Waals surface area contributed by atoms with Gasteiger partial charge in [0.2, 0.25) is 0 Å². The van der Waals surface area contributed by atoms with Gasteiger partial charge in [-0.05, 0) is 133 Å². The molecule has 41 heavy (non-hydrogen) atoms. The highest BCUT2D eigenvalue weighted by atomic mass is 28.4. The molecule has 6 rings (SSSR count). The lowest BCUT2D eigenvalue weighted by atomic mass is 9.41. The molecule has 0 radical (unpaired) electrons. The van der Waals surface area contributed by atoms with Crippen LogP contribution in [0.25, 0.3) is 0 Å². The van der Waals surface area contributed by atoms with E-state index in [-0.39, 0.29) is 29.1 Å². The number of rotatable bonds is 7. The first-order valence-electron chi connectivity index (χ1n) is 17.8. The lowest BCUT2D eigenvalue weighted by Crippen LogP contribution is -2.60. The van der Waals surface area contributed by atoms with E-state index in [0.29, 0.717) is 28.1 Å². The first kappa shape index (κ1) is 30.8.